The fourth-order valence-corrected chi connectivity index (χ4v) is 1.62. The fraction of sp³-hybridized carbons (Fsp3) is 0.273. The van der Waals surface area contributed by atoms with Crippen LogP contribution in [-0.2, 0) is 0 Å². The molecule has 1 aromatic heterocycles. The molecule has 1 amide bonds. The minimum absolute atomic E-state index is 0.280. The molecule has 0 radical (unpaired) electrons. The van der Waals surface area contributed by atoms with E-state index in [9.17, 15) is 4.79 Å². The van der Waals surface area contributed by atoms with E-state index in [2.05, 4.69) is 29.4 Å². The summed E-state index contributed by atoms with van der Waals surface area (Å²) in [5, 5.41) is 10.7. The number of nitrogens with zero attached hydrogens (tertiary/aromatic N) is 1. The Kier molecular flexibility index (Phi) is 2.52. The molecule has 4 N–H and O–H groups in total. The van der Waals surface area contributed by atoms with Gasteiger partial charge >= 0.3 is 0 Å². The summed E-state index contributed by atoms with van der Waals surface area (Å²) in [6.45, 7) is 4.10. The van der Waals surface area contributed by atoms with Gasteiger partial charge in [-0.1, -0.05) is 0 Å². The molecule has 5 nitrogen and oxygen atoms in total. The van der Waals surface area contributed by atoms with Crippen LogP contribution in [0.2, 0.25) is 0 Å². The molecular weight excluding hydrogens is 204 g/mol. The summed E-state index contributed by atoms with van der Waals surface area (Å²) in [4.78, 5) is 11.1. The molecule has 0 aliphatic heterocycles. The molecule has 16 heavy (non-hydrogen) atoms. The van der Waals surface area contributed by atoms with Gasteiger partial charge in [-0.2, -0.15) is 5.10 Å². The van der Waals surface area contributed by atoms with Gasteiger partial charge in [0, 0.05) is 17.1 Å². The lowest BCUT2D eigenvalue weighted by Crippen LogP contribution is -2.12. The first kappa shape index (κ1) is 10.5. The summed E-state index contributed by atoms with van der Waals surface area (Å²) < 4.78 is 0. The largest absolute Gasteiger partial charge is 0.383 e. The molecule has 2 aromatic rings. The molecule has 2 rings (SSSR count). The first-order valence-electron chi connectivity index (χ1n) is 5.12. The van der Waals surface area contributed by atoms with Crippen molar-refractivity contribution in [2.24, 2.45) is 5.73 Å². The number of H-pyrrole nitrogens is 1. The zero-order valence-electron chi connectivity index (χ0n) is 9.24. The number of carbonyl (C=O) groups excluding carboxylic acids is 1. The number of fused-ring (bicyclic) bond motifs is 1. The van der Waals surface area contributed by atoms with Crippen LogP contribution in [0.15, 0.2) is 18.2 Å². The lowest BCUT2D eigenvalue weighted by atomic mass is 10.1. The predicted octanol–water partition coefficient (Wildman–Crippen LogP) is 1.48. The highest BCUT2D eigenvalue weighted by molar-refractivity contribution is 6.04. The Morgan fingerprint density at radius 1 is 1.50 bits per heavy atom. The molecule has 0 unspecified atom stereocenters. The molecule has 0 saturated heterocycles. The zero-order chi connectivity index (χ0) is 11.7. The van der Waals surface area contributed by atoms with Crippen LogP contribution < -0.4 is 11.1 Å². The molecule has 0 fully saturated rings. The molecule has 1 aromatic carbocycles. The van der Waals surface area contributed by atoms with Gasteiger partial charge in [-0.3, -0.25) is 9.89 Å². The fourth-order valence-electron chi connectivity index (χ4n) is 1.62. The summed E-state index contributed by atoms with van der Waals surface area (Å²) in [5.41, 5.74) is 7.27. The van der Waals surface area contributed by atoms with Crippen molar-refractivity contribution in [2.45, 2.75) is 19.9 Å². The topological polar surface area (TPSA) is 83.8 Å². The SMILES string of the molecule is CC(C)Nc1ccc2[nH]nc(C(N)=O)c2c1. The average Bonchev–Trinajstić information content (AvgIpc) is 2.59. The van der Waals surface area contributed by atoms with Crippen molar-refractivity contribution in [3.05, 3.63) is 23.9 Å². The minimum Gasteiger partial charge on any atom is -0.383 e. The Balaban J connectivity index is 2.50. The first-order chi connectivity index (χ1) is 7.58. The second kappa shape index (κ2) is 3.84. The molecular formula is C11H14N4O. The van der Waals surface area contributed by atoms with Crippen molar-refractivity contribution in [1.82, 2.24) is 10.2 Å². The number of benzene rings is 1. The van der Waals surface area contributed by atoms with E-state index >= 15 is 0 Å². The van der Waals surface area contributed by atoms with Gasteiger partial charge in [-0.15, -0.1) is 0 Å². The van der Waals surface area contributed by atoms with Crippen LogP contribution >= 0.6 is 0 Å². The van der Waals surface area contributed by atoms with Crippen LogP contribution in [0.1, 0.15) is 24.3 Å². The number of hydrogen-bond donors (Lipinski definition) is 3. The average molecular weight is 218 g/mol. The van der Waals surface area contributed by atoms with Crippen LogP contribution in [0.3, 0.4) is 0 Å². The highest BCUT2D eigenvalue weighted by atomic mass is 16.1. The Bertz CT molecular complexity index is 530. The second-order valence-corrected chi connectivity index (χ2v) is 4.00. The molecule has 5 heteroatoms. The van der Waals surface area contributed by atoms with Gasteiger partial charge < -0.3 is 11.1 Å². The molecule has 0 spiro atoms. The van der Waals surface area contributed by atoms with Crippen molar-refractivity contribution >= 4 is 22.5 Å². The Morgan fingerprint density at radius 2 is 2.25 bits per heavy atom. The van der Waals surface area contributed by atoms with Gasteiger partial charge in [0.1, 0.15) is 0 Å². The number of aromatic amines is 1. The monoisotopic (exact) mass is 218 g/mol. The third-order valence-electron chi connectivity index (χ3n) is 2.25. The number of nitrogens with one attached hydrogen (secondary N) is 2. The molecule has 0 aliphatic rings. The third-order valence-corrected chi connectivity index (χ3v) is 2.25. The summed E-state index contributed by atoms with van der Waals surface area (Å²) in [7, 11) is 0. The van der Waals surface area contributed by atoms with Gasteiger partial charge in [-0.25, -0.2) is 0 Å². The molecule has 0 aliphatic carbocycles. The molecule has 0 saturated carbocycles. The number of amides is 1. The molecule has 0 atom stereocenters. The van der Waals surface area contributed by atoms with Gasteiger partial charge in [0.05, 0.1) is 5.52 Å². The number of rotatable bonds is 3. The van der Waals surface area contributed by atoms with Crippen molar-refractivity contribution in [3.63, 3.8) is 0 Å². The van der Waals surface area contributed by atoms with Gasteiger partial charge in [0.25, 0.3) is 5.91 Å². The molecule has 0 bridgehead atoms. The van der Waals surface area contributed by atoms with Crippen LogP contribution in [0, 0.1) is 0 Å². The zero-order valence-corrected chi connectivity index (χ0v) is 9.24. The number of nitrogens with two attached hydrogens (primary N) is 1. The maximum absolute atomic E-state index is 11.1. The first-order valence-corrected chi connectivity index (χ1v) is 5.12. The molecule has 84 valence electrons. The van der Waals surface area contributed by atoms with Crippen LogP contribution in [0.25, 0.3) is 10.9 Å². The number of aromatic nitrogens is 2. The minimum atomic E-state index is -0.520. The highest BCUT2D eigenvalue weighted by Gasteiger charge is 2.11. The Labute approximate surface area is 93.0 Å². The van der Waals surface area contributed by atoms with E-state index in [0.29, 0.717) is 6.04 Å². The van der Waals surface area contributed by atoms with E-state index in [0.717, 1.165) is 16.6 Å². The number of hydrogen-bond acceptors (Lipinski definition) is 3. The number of anilines is 1. The second-order valence-electron chi connectivity index (χ2n) is 4.00. The summed E-state index contributed by atoms with van der Waals surface area (Å²) in [6.07, 6.45) is 0. The van der Waals surface area contributed by atoms with Gasteiger partial charge in [0.15, 0.2) is 5.69 Å². The summed E-state index contributed by atoms with van der Waals surface area (Å²) >= 11 is 0. The van der Waals surface area contributed by atoms with Crippen LogP contribution in [0.5, 0.6) is 0 Å². The number of carbonyl (C=O) groups is 1. The van der Waals surface area contributed by atoms with Gasteiger partial charge in [0.2, 0.25) is 0 Å². The van der Waals surface area contributed by atoms with Crippen molar-refractivity contribution < 1.29 is 4.79 Å². The van der Waals surface area contributed by atoms with Gasteiger partial charge in [-0.05, 0) is 32.0 Å². The van der Waals surface area contributed by atoms with E-state index in [-0.39, 0.29) is 5.69 Å². The van der Waals surface area contributed by atoms with E-state index in [1.807, 2.05) is 18.2 Å². The normalized spacial score (nSPS) is 10.9. The molecule has 1 heterocycles. The van der Waals surface area contributed by atoms with Crippen molar-refractivity contribution in [2.75, 3.05) is 5.32 Å². The van der Waals surface area contributed by atoms with Crippen LogP contribution in [-0.4, -0.2) is 22.1 Å². The quantitative estimate of drug-likeness (QED) is 0.729. The maximum Gasteiger partial charge on any atom is 0.269 e. The smallest absolute Gasteiger partial charge is 0.269 e. The lowest BCUT2D eigenvalue weighted by Gasteiger charge is -2.09. The summed E-state index contributed by atoms with van der Waals surface area (Å²) in [5.74, 6) is -0.520. The van der Waals surface area contributed by atoms with Crippen molar-refractivity contribution in [1.29, 1.82) is 0 Å². The third kappa shape index (κ3) is 1.84. The van der Waals surface area contributed by atoms with E-state index < -0.39 is 5.91 Å². The lowest BCUT2D eigenvalue weighted by molar-refractivity contribution is 0.0997. The Hall–Kier alpha value is -2.04. The van der Waals surface area contributed by atoms with E-state index in [1.165, 1.54) is 0 Å². The maximum atomic E-state index is 11.1. The standard InChI is InChI=1S/C11H14N4O/c1-6(2)13-7-3-4-9-8(5-7)10(11(12)16)15-14-9/h3-6,13H,1-2H3,(H2,12,16)(H,14,15). The summed E-state index contributed by atoms with van der Waals surface area (Å²) in [6, 6.07) is 6.02. The highest BCUT2D eigenvalue weighted by Crippen LogP contribution is 2.20. The van der Waals surface area contributed by atoms with Crippen molar-refractivity contribution in [3.8, 4) is 0 Å². The van der Waals surface area contributed by atoms with E-state index in [4.69, 9.17) is 5.73 Å². The predicted molar refractivity (Wildman–Crippen MR) is 63.4 cm³/mol. The number of primary amides is 1. The van der Waals surface area contributed by atoms with E-state index in [1.54, 1.807) is 0 Å². The van der Waals surface area contributed by atoms with Crippen LogP contribution in [0.4, 0.5) is 5.69 Å². The Morgan fingerprint density at radius 3 is 2.88 bits per heavy atom.